The fraction of sp³-hybridized carbons (Fsp3) is 0.394. The minimum absolute atomic E-state index is 0.00661. The van der Waals surface area contributed by atoms with Gasteiger partial charge in [-0.3, -0.25) is 43.7 Å². The molecule has 1 aliphatic carbocycles. The van der Waals surface area contributed by atoms with Crippen molar-refractivity contribution in [2.75, 3.05) is 19.6 Å². The number of ketones is 3. The number of pyridine rings is 3. The summed E-state index contributed by atoms with van der Waals surface area (Å²) in [6.07, 6.45) is 17.8. The number of halogens is 2. The Labute approximate surface area is 537 Å². The Morgan fingerprint density at radius 2 is 0.913 bits per heavy atom. The van der Waals surface area contributed by atoms with Gasteiger partial charge in [-0.1, -0.05) is 97.1 Å². The van der Waals surface area contributed by atoms with Crippen molar-refractivity contribution in [2.24, 2.45) is 34.4 Å². The van der Waals surface area contributed by atoms with E-state index in [9.17, 15) is 42.7 Å². The van der Waals surface area contributed by atoms with E-state index in [1.54, 1.807) is 18.6 Å². The Morgan fingerprint density at radius 1 is 0.489 bits per heavy atom. The molecule has 7 aromatic rings. The number of aryl methyl sites for hydroxylation is 5. The van der Waals surface area contributed by atoms with Gasteiger partial charge in [-0.25, -0.2) is 8.78 Å². The van der Waals surface area contributed by atoms with Gasteiger partial charge in [-0.05, 0) is 174 Å². The number of hydrogen-bond acceptors (Lipinski definition) is 16. The minimum atomic E-state index is -1.15. The number of nitrogens with one attached hydrogen (secondary N) is 3. The van der Waals surface area contributed by atoms with Crippen LogP contribution in [0, 0.1) is 11.6 Å². The molecule has 0 unspecified atom stereocenters. The van der Waals surface area contributed by atoms with E-state index >= 15 is 0 Å². The molecule has 0 aliphatic heterocycles. The summed E-state index contributed by atoms with van der Waals surface area (Å²) in [5, 5.41) is 19.1. The van der Waals surface area contributed by atoms with Gasteiger partial charge in [-0.2, -0.15) is 0 Å². The number of aromatic hydroxyl groups is 1. The van der Waals surface area contributed by atoms with Crippen molar-refractivity contribution in [2.45, 2.75) is 158 Å². The second-order valence-corrected chi connectivity index (χ2v) is 23.3. The number of nitrogens with zero attached hydrogens (tertiary/aromatic N) is 3. The van der Waals surface area contributed by atoms with Crippen molar-refractivity contribution < 1.29 is 42.7 Å². The van der Waals surface area contributed by atoms with Gasteiger partial charge < -0.3 is 55.5 Å². The number of nitrogens with two attached hydrogens (primary N) is 6. The molecule has 92 heavy (non-hydrogen) atoms. The summed E-state index contributed by atoms with van der Waals surface area (Å²) in [6.45, 7) is 1.35. The highest BCUT2D eigenvalue weighted by molar-refractivity contribution is 5.94. The first-order valence-electron chi connectivity index (χ1n) is 31.7. The first kappa shape index (κ1) is 72.5. The smallest absolute Gasteiger partial charge is 0.237 e. The van der Waals surface area contributed by atoms with Crippen LogP contribution in [0.15, 0.2) is 146 Å². The Balaban J connectivity index is 0.000000219. The minimum Gasteiger partial charge on any atom is -0.505 e. The van der Waals surface area contributed by atoms with Gasteiger partial charge in [0.1, 0.15) is 5.82 Å². The summed E-state index contributed by atoms with van der Waals surface area (Å²) < 4.78 is 27.1. The standard InChI is InChI=1S/C25H34N4O2.C24H29N5O2.C22H27F2N3O3/c26-14-6-10-21(27)25(31)29-23(13-12-18-7-2-1-3-8-18)24(30)16-19-15-20-9-4-5-11-22(20)28-17-19;25-11-4-7-20(26)24(31)29-22(9-8-17-5-2-1-3-6-17)23(30)14-18-13-19-16-27-12-10-21(19)28-15-18;23-16-11-15(21(29)17(24)13-16)12-20(28)19(9-8-14-5-2-1-3-6-14)27-22(30)18(26)7-4-10-25/h1-3,7-8,15,17,21,23H,4-6,9-14,16,26-27H2,(H,29,31);1-3,5-6,10,12-13,15-16,20,22H,4,7-9,11,14,25-26H2,(H,29,31);1-3,5-6,11,13,18-19,29H,4,7-10,12,25-26H2,(H,27,30)/t21-,23+;20-,22+;18-,19+/m000/s1. The predicted molar refractivity (Wildman–Crippen MR) is 353 cm³/mol. The number of amides is 3. The molecule has 4 aromatic carbocycles. The summed E-state index contributed by atoms with van der Waals surface area (Å²) in [5.41, 5.74) is 42.3. The van der Waals surface area contributed by atoms with Crippen LogP contribution in [0.4, 0.5) is 8.78 Å². The third-order valence-electron chi connectivity index (χ3n) is 16.0. The first-order chi connectivity index (χ1) is 44.4. The van der Waals surface area contributed by atoms with Gasteiger partial charge in [0.2, 0.25) is 17.7 Å². The Hall–Kier alpha value is -8.57. The zero-order valence-electron chi connectivity index (χ0n) is 52.3. The lowest BCUT2D eigenvalue weighted by Gasteiger charge is -2.21. The van der Waals surface area contributed by atoms with Crippen LogP contribution in [0.1, 0.15) is 115 Å². The molecule has 1 aliphatic rings. The molecule has 3 aromatic heterocycles. The van der Waals surface area contributed by atoms with E-state index in [0.29, 0.717) is 96.3 Å². The molecule has 0 bridgehead atoms. The number of hydrogen-bond donors (Lipinski definition) is 10. The molecule has 0 fully saturated rings. The van der Waals surface area contributed by atoms with Crippen LogP contribution in [0.3, 0.4) is 0 Å². The molecule has 0 radical (unpaired) electrons. The molecule has 0 spiro atoms. The van der Waals surface area contributed by atoms with E-state index in [1.807, 2.05) is 109 Å². The molecule has 490 valence electrons. The van der Waals surface area contributed by atoms with Gasteiger partial charge in [0, 0.05) is 66.8 Å². The van der Waals surface area contributed by atoms with Gasteiger partial charge in [0.05, 0.1) is 41.8 Å². The van der Waals surface area contributed by atoms with E-state index in [2.05, 4.69) is 37.0 Å². The summed E-state index contributed by atoms with van der Waals surface area (Å²) in [7, 11) is 0. The van der Waals surface area contributed by atoms with Crippen LogP contribution in [-0.4, -0.2) is 111 Å². The molecular weight excluding hydrogens is 1170 g/mol. The van der Waals surface area contributed by atoms with Crippen LogP contribution in [0.25, 0.3) is 10.9 Å². The summed E-state index contributed by atoms with van der Waals surface area (Å²) in [5.74, 6) is -4.49. The zero-order valence-corrected chi connectivity index (χ0v) is 52.3. The third kappa shape index (κ3) is 24.6. The van der Waals surface area contributed by atoms with Crippen LogP contribution in [0.2, 0.25) is 0 Å². The number of phenols is 1. The highest BCUT2D eigenvalue weighted by Gasteiger charge is 2.28. The maximum Gasteiger partial charge on any atom is 0.237 e. The van der Waals surface area contributed by atoms with Gasteiger partial charge in [0.15, 0.2) is 28.9 Å². The monoisotopic (exact) mass is 1260 g/mol. The average Bonchev–Trinajstić information content (AvgIpc) is 0.988. The van der Waals surface area contributed by atoms with Crippen LogP contribution in [0.5, 0.6) is 5.75 Å². The van der Waals surface area contributed by atoms with Crippen molar-refractivity contribution in [3.8, 4) is 5.75 Å². The van der Waals surface area contributed by atoms with Gasteiger partial charge in [-0.15, -0.1) is 0 Å². The van der Waals surface area contributed by atoms with Gasteiger partial charge >= 0.3 is 0 Å². The molecule has 6 atom stereocenters. The number of benzene rings is 4. The fourth-order valence-corrected chi connectivity index (χ4v) is 10.6. The third-order valence-corrected chi connectivity index (χ3v) is 16.0. The highest BCUT2D eigenvalue weighted by atomic mass is 19.1. The molecule has 3 heterocycles. The molecule has 16 N–H and O–H groups in total. The predicted octanol–water partition coefficient (Wildman–Crippen LogP) is 6.15. The van der Waals surface area contributed by atoms with Crippen molar-refractivity contribution in [1.82, 2.24) is 30.9 Å². The van der Waals surface area contributed by atoms with Crippen LogP contribution < -0.4 is 50.4 Å². The molecule has 0 saturated heterocycles. The highest BCUT2D eigenvalue weighted by Crippen LogP contribution is 2.25. The summed E-state index contributed by atoms with van der Waals surface area (Å²) in [6, 6.07) is 32.3. The van der Waals surface area contributed by atoms with E-state index in [1.165, 1.54) is 18.4 Å². The first-order valence-corrected chi connectivity index (χ1v) is 31.7. The van der Waals surface area contributed by atoms with Crippen LogP contribution >= 0.6 is 0 Å². The number of carbonyl (C=O) groups is 6. The molecule has 3 amide bonds. The van der Waals surface area contributed by atoms with Crippen molar-refractivity contribution in [1.29, 1.82) is 0 Å². The fourth-order valence-electron chi connectivity index (χ4n) is 10.6. The summed E-state index contributed by atoms with van der Waals surface area (Å²) >= 11 is 0. The normalized spacial score (nSPS) is 13.7. The number of phenolic OH excluding ortho intramolecular Hbond substituents is 1. The number of fused-ring (bicyclic) bond motifs is 2. The molecular formula is C71H90F2N12O7. The SMILES string of the molecule is NCCC[C@H](N)C(=O)N[C@H](CCc1ccccc1)C(=O)Cc1cc(F)cc(F)c1O.NCCC[C@H](N)C(=O)N[C@H](CCc1ccccc1)C(=O)Cc1cnc2c(c1)CCCC2.NCCC[C@H](N)C(=O)N[C@H](CCc1ccccc1)C(=O)Cc1cnc2ccncc2c1. The Bertz CT molecular complexity index is 3460. The molecule has 19 nitrogen and oxygen atoms in total. The number of aromatic nitrogens is 3. The Kier molecular flexibility index (Phi) is 30.7. The molecule has 0 saturated carbocycles. The topological polar surface area (TPSA) is 354 Å². The lowest BCUT2D eigenvalue weighted by atomic mass is 9.93. The lowest BCUT2D eigenvalue weighted by Crippen LogP contribution is -2.49. The number of Topliss-reactive ketones (excluding diaryl/α,β-unsaturated/α-hetero) is 3. The molecule has 21 heteroatoms. The number of carbonyl (C=O) groups excluding carboxylic acids is 6. The van der Waals surface area contributed by atoms with Crippen molar-refractivity contribution in [3.63, 3.8) is 0 Å². The van der Waals surface area contributed by atoms with Crippen molar-refractivity contribution in [3.05, 3.63) is 202 Å². The maximum atomic E-state index is 13.6. The quantitative estimate of drug-likeness (QED) is 0.0221. The second kappa shape index (κ2) is 39.0. The van der Waals surface area contributed by atoms with Crippen molar-refractivity contribution >= 4 is 46.0 Å². The average molecular weight is 1260 g/mol. The van der Waals surface area contributed by atoms with Crippen LogP contribution in [-0.2, 0) is 80.1 Å². The summed E-state index contributed by atoms with van der Waals surface area (Å²) in [4.78, 5) is 89.8. The van der Waals surface area contributed by atoms with Gasteiger partial charge in [0.25, 0.3) is 0 Å². The van der Waals surface area contributed by atoms with E-state index in [0.717, 1.165) is 63.3 Å². The van der Waals surface area contributed by atoms with E-state index in [4.69, 9.17) is 34.4 Å². The number of rotatable bonds is 33. The van der Waals surface area contributed by atoms with E-state index < -0.39 is 71.7 Å². The van der Waals surface area contributed by atoms with E-state index in [-0.39, 0.29) is 48.2 Å². The maximum absolute atomic E-state index is 13.6. The Morgan fingerprint density at radius 3 is 1.37 bits per heavy atom. The largest absolute Gasteiger partial charge is 0.505 e. The lowest BCUT2D eigenvalue weighted by molar-refractivity contribution is -0.128. The zero-order chi connectivity index (χ0) is 66.2. The second-order valence-electron chi connectivity index (χ2n) is 23.3. The molecule has 8 rings (SSSR count).